The van der Waals surface area contributed by atoms with Crippen molar-refractivity contribution in [1.82, 2.24) is 0 Å². The quantitative estimate of drug-likeness (QED) is 0.469. The Balaban J connectivity index is 1.32. The minimum Gasteiger partial charge on any atom is -0.493 e. The van der Waals surface area contributed by atoms with Crippen molar-refractivity contribution >= 4 is 5.97 Å². The molecule has 3 aromatic rings. The highest BCUT2D eigenvalue weighted by Crippen LogP contribution is 2.36. The van der Waals surface area contributed by atoms with E-state index in [9.17, 15) is 4.79 Å². The first kappa shape index (κ1) is 17.8. The van der Waals surface area contributed by atoms with Crippen molar-refractivity contribution in [2.45, 2.75) is 19.4 Å². The summed E-state index contributed by atoms with van der Waals surface area (Å²) in [7, 11) is -2.64. The van der Waals surface area contributed by atoms with Crippen LogP contribution in [0, 0.1) is 11.8 Å². The fourth-order valence-electron chi connectivity index (χ4n) is 4.29. The number of hydrogen-bond donors (Lipinski definition) is 0. The Morgan fingerprint density at radius 3 is 2.58 bits per heavy atom. The normalized spacial score (nSPS) is 20.5. The highest BCUT2D eigenvalue weighted by Gasteiger charge is 2.37. The molecule has 2 atom stereocenters. The number of cyclic esters (lactones) is 1. The zero-order chi connectivity index (χ0) is 25.1. The third-order valence-electron chi connectivity index (χ3n) is 6.06. The number of carbonyl (C=O) groups excluding carboxylic acids is 1. The summed E-state index contributed by atoms with van der Waals surface area (Å²) in [5.74, 6) is 1.19. The van der Waals surface area contributed by atoms with Crippen molar-refractivity contribution in [3.63, 3.8) is 0 Å². The van der Waals surface area contributed by atoms with Gasteiger partial charge in [0.05, 0.1) is 23.7 Å². The summed E-state index contributed by atoms with van der Waals surface area (Å²) < 4.78 is 50.0. The maximum absolute atomic E-state index is 12.6. The Bertz CT molecular complexity index is 1230. The van der Waals surface area contributed by atoms with Crippen LogP contribution in [0.15, 0.2) is 66.7 Å². The highest BCUT2D eigenvalue weighted by molar-refractivity contribution is 5.75. The summed E-state index contributed by atoms with van der Waals surface area (Å²) in [4.78, 5) is 12.6. The van der Waals surface area contributed by atoms with Gasteiger partial charge >= 0.3 is 5.97 Å². The molecule has 6 nitrogen and oxygen atoms in total. The van der Waals surface area contributed by atoms with Crippen molar-refractivity contribution in [3.05, 3.63) is 83.4 Å². The Labute approximate surface area is 197 Å². The third-order valence-corrected chi connectivity index (χ3v) is 6.06. The monoisotopic (exact) mass is 449 g/mol. The average molecular weight is 450 g/mol. The van der Waals surface area contributed by atoms with Gasteiger partial charge in [-0.25, -0.2) is 0 Å². The Kier molecular flexibility index (Phi) is 5.11. The van der Waals surface area contributed by atoms with Crippen LogP contribution in [0.4, 0.5) is 0 Å². The van der Waals surface area contributed by atoms with Gasteiger partial charge < -0.3 is 23.7 Å². The molecular formula is C27H26O6. The molecule has 0 aliphatic carbocycles. The molecule has 0 radical (unpaired) electrons. The number of ether oxygens (including phenoxy) is 5. The second-order valence-corrected chi connectivity index (χ2v) is 8.25. The van der Waals surface area contributed by atoms with Crippen molar-refractivity contribution < 1.29 is 32.6 Å². The summed E-state index contributed by atoms with van der Waals surface area (Å²) in [5.41, 5.74) is 2.74. The topological polar surface area (TPSA) is 63.2 Å². The zero-order valence-corrected chi connectivity index (χ0v) is 18.0. The number of esters is 1. The van der Waals surface area contributed by atoms with Crippen LogP contribution in [-0.4, -0.2) is 26.4 Å². The van der Waals surface area contributed by atoms with E-state index in [2.05, 4.69) is 0 Å². The van der Waals surface area contributed by atoms with E-state index in [-0.39, 0.29) is 37.0 Å². The lowest BCUT2D eigenvalue weighted by molar-refractivity contribution is -0.141. The second-order valence-electron chi connectivity index (χ2n) is 8.25. The molecule has 0 spiro atoms. The van der Waals surface area contributed by atoms with Crippen LogP contribution in [0.5, 0.6) is 23.0 Å². The molecule has 2 aliphatic heterocycles. The van der Waals surface area contributed by atoms with E-state index in [0.29, 0.717) is 36.7 Å². The van der Waals surface area contributed by atoms with Gasteiger partial charge in [0.1, 0.15) is 6.61 Å². The number of methoxy groups -OCH3 is 1. The summed E-state index contributed by atoms with van der Waals surface area (Å²) in [5, 5.41) is 0. The maximum Gasteiger partial charge on any atom is 0.309 e. The van der Waals surface area contributed by atoms with E-state index in [4.69, 9.17) is 27.8 Å². The van der Waals surface area contributed by atoms with Crippen LogP contribution >= 0.6 is 0 Å². The Morgan fingerprint density at radius 1 is 0.879 bits per heavy atom. The van der Waals surface area contributed by atoms with Crippen LogP contribution in [0.3, 0.4) is 0 Å². The van der Waals surface area contributed by atoms with Crippen molar-refractivity contribution in [3.8, 4) is 23.0 Å². The maximum atomic E-state index is 12.6. The SMILES string of the molecule is [2H]C([2H])([2H])Oc1cc(CC2C(=O)OCC2Cc2ccc3c(c2)OCO3)ccc1OCc1ccccc1. The van der Waals surface area contributed by atoms with Crippen LogP contribution in [0.1, 0.15) is 20.8 Å². The fourth-order valence-corrected chi connectivity index (χ4v) is 4.29. The van der Waals surface area contributed by atoms with Gasteiger partial charge in [-0.05, 0) is 53.8 Å². The van der Waals surface area contributed by atoms with Gasteiger partial charge in [0, 0.05) is 5.92 Å². The number of fused-ring (bicyclic) bond motifs is 1. The first-order chi connectivity index (χ1) is 17.3. The molecule has 0 saturated carbocycles. The largest absolute Gasteiger partial charge is 0.493 e. The minimum absolute atomic E-state index is 0.0288. The van der Waals surface area contributed by atoms with Crippen molar-refractivity contribution in [1.29, 1.82) is 0 Å². The second kappa shape index (κ2) is 9.45. The molecule has 1 saturated heterocycles. The Morgan fingerprint density at radius 2 is 1.70 bits per heavy atom. The molecular weight excluding hydrogens is 420 g/mol. The van der Waals surface area contributed by atoms with Crippen molar-refractivity contribution in [2.75, 3.05) is 20.4 Å². The summed E-state index contributed by atoms with van der Waals surface area (Å²) in [6.45, 7) is 0.803. The number of carbonyl (C=O) groups is 1. The molecule has 0 amide bonds. The smallest absolute Gasteiger partial charge is 0.309 e. The minimum atomic E-state index is -2.64. The molecule has 6 heteroatoms. The lowest BCUT2D eigenvalue weighted by atomic mass is 9.85. The molecule has 1 fully saturated rings. The molecule has 0 aromatic heterocycles. The van der Waals surface area contributed by atoms with E-state index in [1.807, 2.05) is 54.6 Å². The van der Waals surface area contributed by atoms with E-state index in [0.717, 1.165) is 16.7 Å². The van der Waals surface area contributed by atoms with Crippen LogP contribution in [0.2, 0.25) is 0 Å². The number of benzene rings is 3. The molecule has 2 unspecified atom stereocenters. The molecule has 0 N–H and O–H groups in total. The van der Waals surface area contributed by atoms with Gasteiger partial charge in [0.15, 0.2) is 23.0 Å². The highest BCUT2D eigenvalue weighted by atomic mass is 16.7. The van der Waals surface area contributed by atoms with E-state index in [1.54, 1.807) is 12.1 Å². The van der Waals surface area contributed by atoms with Crippen LogP contribution in [0.25, 0.3) is 0 Å². The molecule has 2 aliphatic rings. The average Bonchev–Trinajstić information content (AvgIpc) is 3.45. The number of rotatable bonds is 8. The first-order valence-electron chi connectivity index (χ1n) is 12.4. The van der Waals surface area contributed by atoms with E-state index in [1.165, 1.54) is 0 Å². The fraction of sp³-hybridized carbons (Fsp3) is 0.296. The van der Waals surface area contributed by atoms with E-state index >= 15 is 0 Å². The standard InChI is InChI=1S/C27H26O6/c1-29-25-13-20(8-9-23(25)30-15-18-5-3-2-4-6-18)12-22-21(16-31-27(22)28)11-19-7-10-24-26(14-19)33-17-32-24/h2-10,13-14,21-22H,11-12,15-17H2,1H3/i1D3. The molecule has 33 heavy (non-hydrogen) atoms. The summed E-state index contributed by atoms with van der Waals surface area (Å²) in [6, 6.07) is 20.5. The third kappa shape index (κ3) is 4.75. The predicted molar refractivity (Wildman–Crippen MR) is 122 cm³/mol. The molecule has 170 valence electrons. The summed E-state index contributed by atoms with van der Waals surface area (Å²) in [6.07, 6.45) is 1.04. The molecule has 2 heterocycles. The molecule has 3 aromatic carbocycles. The van der Waals surface area contributed by atoms with Gasteiger partial charge in [-0.3, -0.25) is 4.79 Å². The summed E-state index contributed by atoms with van der Waals surface area (Å²) >= 11 is 0. The zero-order valence-electron chi connectivity index (χ0n) is 21.0. The van der Waals surface area contributed by atoms with Crippen molar-refractivity contribution in [2.24, 2.45) is 11.8 Å². The van der Waals surface area contributed by atoms with Gasteiger partial charge in [-0.2, -0.15) is 0 Å². The first-order valence-corrected chi connectivity index (χ1v) is 10.9. The molecule has 0 bridgehead atoms. The molecule has 5 rings (SSSR count). The van der Waals surface area contributed by atoms with Gasteiger partial charge in [0.2, 0.25) is 6.79 Å². The van der Waals surface area contributed by atoms with E-state index < -0.39 is 7.04 Å². The lowest BCUT2D eigenvalue weighted by Gasteiger charge is -2.17. The number of hydrogen-bond acceptors (Lipinski definition) is 6. The van der Waals surface area contributed by atoms with Gasteiger partial charge in [-0.15, -0.1) is 0 Å². The van der Waals surface area contributed by atoms with Crippen LogP contribution in [-0.2, 0) is 29.0 Å². The van der Waals surface area contributed by atoms with Crippen LogP contribution < -0.4 is 18.9 Å². The predicted octanol–water partition coefficient (Wildman–Crippen LogP) is 4.58. The Hall–Kier alpha value is -3.67. The van der Waals surface area contributed by atoms with Gasteiger partial charge in [-0.1, -0.05) is 42.5 Å². The van der Waals surface area contributed by atoms with Gasteiger partial charge in [0.25, 0.3) is 0 Å². The lowest BCUT2D eigenvalue weighted by Crippen LogP contribution is -2.20.